The maximum absolute atomic E-state index is 10.8. The summed E-state index contributed by atoms with van der Waals surface area (Å²) < 4.78 is 0. The number of nitrogens with zero attached hydrogens (tertiary/aromatic N) is 1. The molecule has 1 aromatic rings. The predicted octanol–water partition coefficient (Wildman–Crippen LogP) is 1.69. The highest BCUT2D eigenvalue weighted by atomic mass is 32.1. The zero-order valence-electron chi connectivity index (χ0n) is 9.04. The van der Waals surface area contributed by atoms with Crippen LogP contribution in [0.3, 0.4) is 0 Å². The van der Waals surface area contributed by atoms with E-state index in [1.54, 1.807) is 6.92 Å². The van der Waals surface area contributed by atoms with Gasteiger partial charge in [-0.2, -0.15) is 0 Å². The van der Waals surface area contributed by atoms with Gasteiger partial charge in [0, 0.05) is 13.0 Å². The third kappa shape index (κ3) is 3.60. The first kappa shape index (κ1) is 12.1. The molecule has 0 unspecified atom stereocenters. The largest absolute Gasteiger partial charge is 0.477 e. The fourth-order valence-electron chi connectivity index (χ4n) is 1.25. The maximum Gasteiger partial charge on any atom is 0.347 e. The van der Waals surface area contributed by atoms with E-state index in [0.29, 0.717) is 10.6 Å². The van der Waals surface area contributed by atoms with E-state index in [2.05, 4.69) is 17.2 Å². The van der Waals surface area contributed by atoms with Gasteiger partial charge in [-0.05, 0) is 19.9 Å². The fourth-order valence-corrected chi connectivity index (χ4v) is 2.16. The zero-order chi connectivity index (χ0) is 11.3. The second kappa shape index (κ2) is 5.82. The molecule has 2 N–H and O–H groups in total. The Labute approximate surface area is 93.4 Å². The molecule has 0 atom stereocenters. The van der Waals surface area contributed by atoms with Crippen molar-refractivity contribution in [1.29, 1.82) is 0 Å². The van der Waals surface area contributed by atoms with E-state index in [9.17, 15) is 4.79 Å². The van der Waals surface area contributed by atoms with E-state index >= 15 is 0 Å². The number of aromatic carboxylic acids is 1. The van der Waals surface area contributed by atoms with Gasteiger partial charge in [0.25, 0.3) is 0 Å². The molecule has 0 spiro atoms. The number of rotatable bonds is 6. The van der Waals surface area contributed by atoms with Crippen molar-refractivity contribution in [1.82, 2.24) is 10.3 Å². The highest BCUT2D eigenvalue weighted by molar-refractivity contribution is 7.13. The van der Waals surface area contributed by atoms with E-state index in [0.717, 1.165) is 30.9 Å². The van der Waals surface area contributed by atoms with E-state index in [1.165, 1.54) is 11.3 Å². The number of hydrogen-bond donors (Lipinski definition) is 2. The topological polar surface area (TPSA) is 62.2 Å². The third-order valence-electron chi connectivity index (χ3n) is 1.98. The molecule has 0 aliphatic rings. The molecule has 0 radical (unpaired) electrons. The Kier molecular flexibility index (Phi) is 4.71. The minimum Gasteiger partial charge on any atom is -0.477 e. The molecule has 5 heteroatoms. The molecule has 0 amide bonds. The predicted molar refractivity (Wildman–Crippen MR) is 60.7 cm³/mol. The Morgan fingerprint density at radius 3 is 2.80 bits per heavy atom. The van der Waals surface area contributed by atoms with Crippen molar-refractivity contribution in [2.24, 2.45) is 0 Å². The Bertz CT molecular complexity index is 336. The van der Waals surface area contributed by atoms with Crippen molar-refractivity contribution >= 4 is 17.3 Å². The molecule has 0 fully saturated rings. The first-order valence-electron chi connectivity index (χ1n) is 5.05. The van der Waals surface area contributed by atoms with Gasteiger partial charge in [-0.25, -0.2) is 9.78 Å². The second-order valence-corrected chi connectivity index (χ2v) is 4.41. The summed E-state index contributed by atoms with van der Waals surface area (Å²) in [5, 5.41) is 13.0. The fraction of sp³-hybridized carbons (Fsp3) is 0.600. The molecular weight excluding hydrogens is 212 g/mol. The Hall–Kier alpha value is -0.940. The molecule has 1 heterocycles. The van der Waals surface area contributed by atoms with Crippen LogP contribution >= 0.6 is 11.3 Å². The van der Waals surface area contributed by atoms with Gasteiger partial charge >= 0.3 is 5.97 Å². The van der Waals surface area contributed by atoms with E-state index in [4.69, 9.17) is 5.11 Å². The van der Waals surface area contributed by atoms with Gasteiger partial charge in [-0.1, -0.05) is 6.92 Å². The van der Waals surface area contributed by atoms with Gasteiger partial charge in [-0.15, -0.1) is 11.3 Å². The van der Waals surface area contributed by atoms with E-state index in [-0.39, 0.29) is 0 Å². The highest BCUT2D eigenvalue weighted by Gasteiger charge is 2.13. The number of aryl methyl sites for hydroxylation is 1. The normalized spacial score (nSPS) is 10.5. The van der Waals surface area contributed by atoms with Crippen LogP contribution in [0.1, 0.15) is 33.7 Å². The number of carbonyl (C=O) groups is 1. The van der Waals surface area contributed by atoms with Crippen LogP contribution in [0.25, 0.3) is 0 Å². The summed E-state index contributed by atoms with van der Waals surface area (Å²) in [6.07, 6.45) is 1.91. The number of thiazole rings is 1. The van der Waals surface area contributed by atoms with E-state index in [1.807, 2.05) is 0 Å². The Morgan fingerprint density at radius 2 is 2.27 bits per heavy atom. The lowest BCUT2D eigenvalue weighted by Crippen LogP contribution is -2.17. The monoisotopic (exact) mass is 228 g/mol. The average Bonchev–Trinajstić information content (AvgIpc) is 2.55. The van der Waals surface area contributed by atoms with Gasteiger partial charge in [0.1, 0.15) is 4.88 Å². The van der Waals surface area contributed by atoms with Crippen molar-refractivity contribution in [3.8, 4) is 0 Å². The van der Waals surface area contributed by atoms with Gasteiger partial charge in [0.2, 0.25) is 0 Å². The second-order valence-electron chi connectivity index (χ2n) is 3.33. The summed E-state index contributed by atoms with van der Waals surface area (Å²) in [7, 11) is 0. The van der Waals surface area contributed by atoms with Crippen LogP contribution in [-0.2, 0) is 6.42 Å². The van der Waals surface area contributed by atoms with Crippen molar-refractivity contribution in [3.63, 3.8) is 0 Å². The summed E-state index contributed by atoms with van der Waals surface area (Å²) in [6, 6.07) is 0. The Balaban J connectivity index is 2.48. The lowest BCUT2D eigenvalue weighted by atomic mass is 10.4. The molecule has 0 bridgehead atoms. The molecule has 0 saturated carbocycles. The maximum atomic E-state index is 10.8. The molecule has 1 aromatic heterocycles. The number of nitrogens with one attached hydrogen (secondary N) is 1. The molecule has 0 aliphatic heterocycles. The van der Waals surface area contributed by atoms with Crippen LogP contribution in [0.4, 0.5) is 0 Å². The van der Waals surface area contributed by atoms with Gasteiger partial charge in [-0.3, -0.25) is 0 Å². The molecule has 0 aromatic carbocycles. The zero-order valence-corrected chi connectivity index (χ0v) is 9.86. The van der Waals surface area contributed by atoms with Gasteiger partial charge < -0.3 is 10.4 Å². The first-order chi connectivity index (χ1) is 7.15. The van der Waals surface area contributed by atoms with E-state index < -0.39 is 5.97 Å². The number of aromatic nitrogens is 1. The molecular formula is C10H16N2O2S. The molecule has 15 heavy (non-hydrogen) atoms. The van der Waals surface area contributed by atoms with Crippen molar-refractivity contribution in [2.75, 3.05) is 13.1 Å². The average molecular weight is 228 g/mol. The minimum atomic E-state index is -0.877. The van der Waals surface area contributed by atoms with Crippen LogP contribution < -0.4 is 5.32 Å². The summed E-state index contributed by atoms with van der Waals surface area (Å²) >= 11 is 1.27. The number of hydrogen-bond acceptors (Lipinski definition) is 4. The van der Waals surface area contributed by atoms with Crippen LogP contribution in [0.15, 0.2) is 0 Å². The van der Waals surface area contributed by atoms with Crippen molar-refractivity contribution in [3.05, 3.63) is 15.6 Å². The minimum absolute atomic E-state index is 0.362. The highest BCUT2D eigenvalue weighted by Crippen LogP contribution is 2.17. The first-order valence-corrected chi connectivity index (χ1v) is 5.87. The van der Waals surface area contributed by atoms with Crippen LogP contribution in [0.2, 0.25) is 0 Å². The lowest BCUT2D eigenvalue weighted by Gasteiger charge is -1.98. The molecule has 0 aliphatic carbocycles. The van der Waals surface area contributed by atoms with Crippen LogP contribution in [0, 0.1) is 6.92 Å². The summed E-state index contributed by atoms with van der Waals surface area (Å²) in [5.41, 5.74) is 0.623. The lowest BCUT2D eigenvalue weighted by molar-refractivity contribution is 0.0701. The van der Waals surface area contributed by atoms with Gasteiger partial charge in [0.05, 0.1) is 10.7 Å². The summed E-state index contributed by atoms with van der Waals surface area (Å²) in [6.45, 7) is 5.71. The van der Waals surface area contributed by atoms with Crippen molar-refractivity contribution in [2.45, 2.75) is 26.7 Å². The summed E-state index contributed by atoms with van der Waals surface area (Å²) in [5.74, 6) is -0.877. The molecule has 1 rings (SSSR count). The number of carboxylic acids is 1. The third-order valence-corrected chi connectivity index (χ3v) is 3.18. The van der Waals surface area contributed by atoms with Crippen LogP contribution in [0.5, 0.6) is 0 Å². The van der Waals surface area contributed by atoms with Crippen molar-refractivity contribution < 1.29 is 9.90 Å². The quantitative estimate of drug-likeness (QED) is 0.727. The Morgan fingerprint density at radius 1 is 1.53 bits per heavy atom. The molecule has 0 saturated heterocycles. The standard InChI is InChI=1S/C10H16N2O2S/c1-3-5-11-6-4-8-12-7(2)9(15-8)10(13)14/h11H,3-6H2,1-2H3,(H,13,14). The summed E-state index contributed by atoms with van der Waals surface area (Å²) in [4.78, 5) is 15.4. The van der Waals surface area contributed by atoms with Crippen LogP contribution in [-0.4, -0.2) is 29.1 Å². The molecule has 4 nitrogen and oxygen atoms in total. The smallest absolute Gasteiger partial charge is 0.347 e. The van der Waals surface area contributed by atoms with Gasteiger partial charge in [0.15, 0.2) is 0 Å². The number of carboxylic acid groups (broad SMARTS) is 1. The SMILES string of the molecule is CCCNCCc1nc(C)c(C(=O)O)s1. The molecule has 84 valence electrons.